The maximum atomic E-state index is 6.14. The van der Waals surface area contributed by atoms with Crippen molar-refractivity contribution in [2.75, 3.05) is 0 Å². The second-order valence-electron chi connectivity index (χ2n) is 7.49. The Morgan fingerprint density at radius 1 is 1.04 bits per heavy atom. The molecule has 0 bridgehead atoms. The van der Waals surface area contributed by atoms with Crippen LogP contribution in [0, 0.1) is 12.8 Å². The molecule has 1 aromatic carbocycles. The summed E-state index contributed by atoms with van der Waals surface area (Å²) in [5.74, 6) is 0.833. The van der Waals surface area contributed by atoms with Gasteiger partial charge in [-0.3, -0.25) is 4.98 Å². The Morgan fingerprint density at radius 2 is 1.92 bits per heavy atom. The minimum absolute atomic E-state index is 0.703. The van der Waals surface area contributed by atoms with Crippen LogP contribution in [0.25, 0.3) is 33.3 Å². The summed E-state index contributed by atoms with van der Waals surface area (Å²) < 4.78 is 6.14. The van der Waals surface area contributed by atoms with E-state index in [9.17, 15) is 0 Å². The normalized spacial score (nSPS) is 15.3. The summed E-state index contributed by atoms with van der Waals surface area (Å²) in [7, 11) is 0. The summed E-state index contributed by atoms with van der Waals surface area (Å²) in [6.07, 6.45) is 8.58. The number of benzene rings is 1. The molecule has 0 unspecified atom stereocenters. The van der Waals surface area contributed by atoms with Crippen molar-refractivity contribution in [3.05, 3.63) is 59.9 Å². The van der Waals surface area contributed by atoms with Crippen LogP contribution in [0.1, 0.15) is 36.9 Å². The smallest absolute Gasteiger partial charge is 0.227 e. The molecule has 3 nitrogen and oxygen atoms in total. The lowest BCUT2D eigenvalue weighted by molar-refractivity contribution is 0.546. The van der Waals surface area contributed by atoms with Gasteiger partial charge in [0.1, 0.15) is 5.58 Å². The van der Waals surface area contributed by atoms with Crippen molar-refractivity contribution in [1.29, 1.82) is 0 Å². The molecule has 5 rings (SSSR count). The summed E-state index contributed by atoms with van der Waals surface area (Å²) in [5, 5.41) is 2.17. The fourth-order valence-electron chi connectivity index (χ4n) is 4.27. The zero-order valence-electron chi connectivity index (χ0n) is 15.0. The molecule has 0 aliphatic heterocycles. The highest BCUT2D eigenvalue weighted by atomic mass is 16.3. The van der Waals surface area contributed by atoms with Crippen LogP contribution in [0.5, 0.6) is 0 Å². The second kappa shape index (κ2) is 6.24. The van der Waals surface area contributed by atoms with Crippen LogP contribution in [0.15, 0.2) is 53.1 Å². The van der Waals surface area contributed by atoms with Crippen molar-refractivity contribution < 1.29 is 4.42 Å². The molecule has 0 N–H and O–H groups in total. The summed E-state index contributed by atoms with van der Waals surface area (Å²) in [4.78, 5) is 9.19. The zero-order chi connectivity index (χ0) is 17.5. The van der Waals surface area contributed by atoms with Crippen LogP contribution in [0.4, 0.5) is 0 Å². The van der Waals surface area contributed by atoms with Crippen molar-refractivity contribution in [3.8, 4) is 11.3 Å². The van der Waals surface area contributed by atoms with Gasteiger partial charge in [-0.1, -0.05) is 37.8 Å². The van der Waals surface area contributed by atoms with Crippen LogP contribution in [-0.2, 0) is 6.42 Å². The standard InChI is InChI=1S/C23H22N2O/c1-15-9-10-19-18-7-4-8-20(22(18)26-23(19)25-15)21-14-17(11-12-24-21)13-16-5-2-3-6-16/h4,7-12,14,16H,2-3,5-6,13H2,1H3. The highest BCUT2D eigenvalue weighted by Gasteiger charge is 2.17. The molecule has 1 aliphatic carbocycles. The third-order valence-corrected chi connectivity index (χ3v) is 5.60. The fraction of sp³-hybridized carbons (Fsp3) is 0.304. The molecule has 1 fully saturated rings. The first-order chi connectivity index (χ1) is 12.8. The van der Waals surface area contributed by atoms with Gasteiger partial charge in [-0.25, -0.2) is 4.98 Å². The van der Waals surface area contributed by atoms with Gasteiger partial charge in [-0.05, 0) is 55.2 Å². The highest BCUT2D eigenvalue weighted by molar-refractivity contribution is 6.08. The molecule has 0 atom stereocenters. The Bertz CT molecular complexity index is 1090. The van der Waals surface area contributed by atoms with Crippen molar-refractivity contribution >= 4 is 22.1 Å². The van der Waals surface area contributed by atoms with E-state index in [1.165, 1.54) is 31.2 Å². The Hall–Kier alpha value is -2.68. The molecule has 26 heavy (non-hydrogen) atoms. The van der Waals surface area contributed by atoms with Crippen LogP contribution >= 0.6 is 0 Å². The lowest BCUT2D eigenvalue weighted by atomic mass is 9.97. The minimum atomic E-state index is 0.703. The molecule has 3 heterocycles. The summed E-state index contributed by atoms with van der Waals surface area (Å²) in [6.45, 7) is 1.99. The van der Waals surface area contributed by atoms with Gasteiger partial charge in [0.2, 0.25) is 5.71 Å². The van der Waals surface area contributed by atoms with Gasteiger partial charge in [-0.15, -0.1) is 0 Å². The molecule has 130 valence electrons. The number of nitrogens with zero attached hydrogens (tertiary/aromatic N) is 2. The lowest BCUT2D eigenvalue weighted by Gasteiger charge is -2.10. The van der Waals surface area contributed by atoms with Gasteiger partial charge < -0.3 is 4.42 Å². The number of aryl methyl sites for hydroxylation is 1. The SMILES string of the molecule is Cc1ccc2c(n1)oc1c(-c3cc(CC4CCCC4)ccn3)cccc12. The third kappa shape index (κ3) is 2.68. The molecular weight excluding hydrogens is 320 g/mol. The quantitative estimate of drug-likeness (QED) is 0.452. The first-order valence-electron chi connectivity index (χ1n) is 9.52. The molecule has 1 saturated carbocycles. The molecule has 3 aromatic heterocycles. The Kier molecular flexibility index (Phi) is 3.74. The molecule has 3 heteroatoms. The van der Waals surface area contributed by atoms with E-state index in [1.807, 2.05) is 19.2 Å². The Labute approximate surface area is 153 Å². The van der Waals surface area contributed by atoms with E-state index in [1.54, 1.807) is 0 Å². The monoisotopic (exact) mass is 342 g/mol. The van der Waals surface area contributed by atoms with E-state index in [4.69, 9.17) is 4.42 Å². The van der Waals surface area contributed by atoms with Gasteiger partial charge in [0.15, 0.2) is 0 Å². The summed E-state index contributed by atoms with van der Waals surface area (Å²) >= 11 is 0. The number of para-hydroxylation sites is 1. The van der Waals surface area contributed by atoms with Crippen molar-refractivity contribution in [2.45, 2.75) is 39.0 Å². The number of hydrogen-bond donors (Lipinski definition) is 0. The number of aromatic nitrogens is 2. The Balaban J connectivity index is 1.61. The molecule has 1 aliphatic rings. The summed E-state index contributed by atoms with van der Waals surface area (Å²) in [5.41, 5.74) is 5.97. The molecule has 0 amide bonds. The molecule has 0 saturated heterocycles. The summed E-state index contributed by atoms with van der Waals surface area (Å²) in [6, 6.07) is 14.8. The maximum absolute atomic E-state index is 6.14. The number of furan rings is 1. The number of rotatable bonds is 3. The molecular formula is C23H22N2O. The van der Waals surface area contributed by atoms with Crippen molar-refractivity contribution in [1.82, 2.24) is 9.97 Å². The van der Waals surface area contributed by atoms with Crippen molar-refractivity contribution in [2.24, 2.45) is 5.92 Å². The maximum Gasteiger partial charge on any atom is 0.227 e. The molecule has 4 aromatic rings. The van der Waals surface area contributed by atoms with Crippen LogP contribution < -0.4 is 0 Å². The van der Waals surface area contributed by atoms with E-state index in [0.29, 0.717) is 5.71 Å². The first-order valence-corrected chi connectivity index (χ1v) is 9.52. The van der Waals surface area contributed by atoms with E-state index in [2.05, 4.69) is 46.4 Å². The first kappa shape index (κ1) is 15.6. The largest absolute Gasteiger partial charge is 0.437 e. The van der Waals surface area contributed by atoms with Crippen LogP contribution in [-0.4, -0.2) is 9.97 Å². The lowest BCUT2D eigenvalue weighted by Crippen LogP contribution is -1.99. The van der Waals surface area contributed by atoms with Gasteiger partial charge in [-0.2, -0.15) is 0 Å². The average Bonchev–Trinajstić information content (AvgIpc) is 3.28. The van der Waals surface area contributed by atoms with Crippen LogP contribution in [0.3, 0.4) is 0 Å². The second-order valence-corrected chi connectivity index (χ2v) is 7.49. The third-order valence-electron chi connectivity index (χ3n) is 5.60. The van der Waals surface area contributed by atoms with E-state index >= 15 is 0 Å². The van der Waals surface area contributed by atoms with E-state index in [-0.39, 0.29) is 0 Å². The number of fused-ring (bicyclic) bond motifs is 3. The number of pyridine rings is 2. The predicted octanol–water partition coefficient (Wildman–Crippen LogP) is 6.08. The average molecular weight is 342 g/mol. The minimum Gasteiger partial charge on any atom is -0.437 e. The predicted molar refractivity (Wildman–Crippen MR) is 105 cm³/mol. The van der Waals surface area contributed by atoms with E-state index in [0.717, 1.165) is 45.6 Å². The van der Waals surface area contributed by atoms with Gasteiger partial charge >= 0.3 is 0 Å². The van der Waals surface area contributed by atoms with Gasteiger partial charge in [0.25, 0.3) is 0 Å². The Morgan fingerprint density at radius 3 is 2.81 bits per heavy atom. The number of hydrogen-bond acceptors (Lipinski definition) is 3. The van der Waals surface area contributed by atoms with Crippen molar-refractivity contribution in [3.63, 3.8) is 0 Å². The molecule has 0 spiro atoms. The fourth-order valence-corrected chi connectivity index (χ4v) is 4.27. The van der Waals surface area contributed by atoms with Gasteiger partial charge in [0, 0.05) is 28.2 Å². The van der Waals surface area contributed by atoms with Gasteiger partial charge in [0.05, 0.1) is 5.69 Å². The highest BCUT2D eigenvalue weighted by Crippen LogP contribution is 2.35. The topological polar surface area (TPSA) is 38.9 Å². The molecule has 0 radical (unpaired) electrons. The van der Waals surface area contributed by atoms with E-state index < -0.39 is 0 Å². The zero-order valence-corrected chi connectivity index (χ0v) is 15.0. The van der Waals surface area contributed by atoms with Crippen LogP contribution in [0.2, 0.25) is 0 Å².